The van der Waals surface area contributed by atoms with Gasteiger partial charge in [0.1, 0.15) is 11.9 Å². The Hall–Kier alpha value is -8.14. The molecule has 0 aliphatic rings. The van der Waals surface area contributed by atoms with Crippen LogP contribution in [0.15, 0.2) is 109 Å². The summed E-state index contributed by atoms with van der Waals surface area (Å²) in [5, 5.41) is 40.2. The van der Waals surface area contributed by atoms with E-state index >= 15 is 0 Å². The summed E-state index contributed by atoms with van der Waals surface area (Å²) in [4.78, 5) is 68.9. The van der Waals surface area contributed by atoms with Crippen molar-refractivity contribution in [2.24, 2.45) is 12.5 Å². The summed E-state index contributed by atoms with van der Waals surface area (Å²) in [7, 11) is 1.81. The molecule has 1 atom stereocenters. The maximum absolute atomic E-state index is 13.4. The number of ether oxygens (including phenoxy) is 1. The summed E-state index contributed by atoms with van der Waals surface area (Å²) in [6.07, 6.45) is 9.05. The Morgan fingerprint density at radius 2 is 1.54 bits per heavy atom. The second-order valence-electron chi connectivity index (χ2n) is 16.9. The zero-order valence-corrected chi connectivity index (χ0v) is 43.1. The topological polar surface area (TPSA) is 225 Å². The Morgan fingerprint density at radius 3 is 2.08 bits per heavy atom. The number of carboxylic acids is 1. The largest absolute Gasteiger partial charge is 0.504 e. The molecule has 4 amide bonds. The fraction of sp³-hybridized carbons (Fsp3) is 0.291. The van der Waals surface area contributed by atoms with Crippen molar-refractivity contribution in [3.8, 4) is 41.3 Å². The van der Waals surface area contributed by atoms with E-state index in [9.17, 15) is 34.3 Å². The van der Waals surface area contributed by atoms with Crippen LogP contribution < -0.4 is 26.0 Å². The summed E-state index contributed by atoms with van der Waals surface area (Å²) in [5.74, 6) is -1.55. The summed E-state index contributed by atoms with van der Waals surface area (Å²) in [6.45, 7) is 25.3. The summed E-state index contributed by atoms with van der Waals surface area (Å²) in [5.41, 5.74) is 3.57. The van der Waals surface area contributed by atoms with Crippen LogP contribution in [-0.4, -0.2) is 61.5 Å². The number of carboxylic acid groups (broad SMARTS) is 1. The number of anilines is 2. The molecule has 16 heteroatoms. The van der Waals surface area contributed by atoms with Crippen molar-refractivity contribution in [3.05, 3.63) is 136 Å². The Bertz CT molecular complexity index is 2870. The second kappa shape index (κ2) is 27.8. The number of terminal acetylenes is 1. The quantitative estimate of drug-likeness (QED) is 0.0330. The first-order chi connectivity index (χ1) is 33.5. The number of rotatable bonds is 15. The van der Waals surface area contributed by atoms with Crippen LogP contribution in [0.4, 0.5) is 11.4 Å². The number of imidazole rings is 1. The maximum atomic E-state index is 13.4. The molecule has 0 saturated heterocycles. The van der Waals surface area contributed by atoms with Crippen LogP contribution in [0.1, 0.15) is 119 Å². The number of aromatic nitrogens is 2. The number of aromatic carboxylic acids is 1. The number of aromatic hydroxyl groups is 1. The summed E-state index contributed by atoms with van der Waals surface area (Å²) in [6, 6.07) is 18.8. The first-order valence-corrected chi connectivity index (χ1v) is 23.1. The lowest BCUT2D eigenvalue weighted by molar-refractivity contribution is -0.122. The standard InChI is InChI=1S/C46H40ClN7O8.C5H12.2C2H6/c1-7-9-36(53-43(57)29-14-18-32(34(47)23-29)41-51-37-22-27(24-48)11-21-38(37)54(41)6)45(59)49-30(8-2)15-10-26(5)42(56)52-35-20-19-33(39(55)40(35)62-25(3)4)44(58)50-31-16-12-28(13-17-31)46(60)61;1-5(2,3)4;2*1-2/h1,8,10-23,25,36,55H,2,9H2,3-6H3,(H,49,59)(H,50,58)(H,52,56)(H,53,57)(H,60,61);1-4H3;2*1-2H3/b26-10+,30-15+;;;. The highest BCUT2D eigenvalue weighted by atomic mass is 35.5. The van der Waals surface area contributed by atoms with Crippen LogP contribution in [-0.2, 0) is 16.6 Å². The van der Waals surface area contributed by atoms with E-state index < -0.39 is 47.5 Å². The van der Waals surface area contributed by atoms with Crippen molar-refractivity contribution in [1.82, 2.24) is 20.2 Å². The van der Waals surface area contributed by atoms with Crippen LogP contribution in [0.3, 0.4) is 0 Å². The van der Waals surface area contributed by atoms with Gasteiger partial charge in [-0.05, 0) is 111 Å². The number of amides is 4. The lowest BCUT2D eigenvalue weighted by Crippen LogP contribution is -2.46. The van der Waals surface area contributed by atoms with E-state index in [1.807, 2.05) is 39.3 Å². The number of hydrogen-bond acceptors (Lipinski definition) is 9. The Kier molecular flexibility index (Phi) is 23.1. The first kappa shape index (κ1) is 59.0. The maximum Gasteiger partial charge on any atom is 0.335 e. The van der Waals surface area contributed by atoms with Gasteiger partial charge < -0.3 is 40.8 Å². The van der Waals surface area contributed by atoms with Crippen LogP contribution in [0.25, 0.3) is 22.4 Å². The smallest absolute Gasteiger partial charge is 0.335 e. The van der Waals surface area contributed by atoms with E-state index in [1.54, 1.807) is 38.1 Å². The molecule has 0 spiro atoms. The van der Waals surface area contributed by atoms with Gasteiger partial charge in [-0.2, -0.15) is 5.26 Å². The third-order valence-electron chi connectivity index (χ3n) is 9.15. The number of aryl methyl sites for hydroxylation is 1. The molecule has 5 aromatic rings. The van der Waals surface area contributed by atoms with Gasteiger partial charge in [0.05, 0.1) is 50.6 Å². The minimum atomic E-state index is -1.17. The number of phenolic OH excluding ortho intramolecular Hbond substituents is 1. The zero-order chi connectivity index (χ0) is 53.7. The molecule has 1 unspecified atom stereocenters. The Labute approximate surface area is 421 Å². The SMILES string of the molecule is C#CCC(NC(=O)c1ccc(-c2nc3cc(C#N)ccc3n2C)c(Cl)c1)C(=O)N/C(C=C)=C/C=C(\C)C(=O)Nc1ccc(C(=O)Nc2ccc(C(=O)O)cc2)c(O)c1OC(C)C.CC.CC.CC(C)(C)C. The number of carbonyl (C=O) groups excluding carboxylic acids is 4. The van der Waals surface area contributed by atoms with Crippen molar-refractivity contribution in [3.63, 3.8) is 0 Å². The molecule has 4 aromatic carbocycles. The zero-order valence-electron chi connectivity index (χ0n) is 42.4. The molecule has 6 N–H and O–H groups in total. The number of carbonyl (C=O) groups is 5. The molecule has 1 heterocycles. The van der Waals surface area contributed by atoms with Crippen LogP contribution in [0, 0.1) is 29.1 Å². The van der Waals surface area contributed by atoms with Gasteiger partial charge in [0.15, 0.2) is 11.5 Å². The minimum Gasteiger partial charge on any atom is -0.504 e. The molecule has 0 fully saturated rings. The van der Waals surface area contributed by atoms with Crippen molar-refractivity contribution in [1.29, 1.82) is 5.26 Å². The molecule has 374 valence electrons. The average Bonchev–Trinajstić information content (AvgIpc) is 3.66. The van der Waals surface area contributed by atoms with E-state index in [0.717, 1.165) is 5.52 Å². The number of phenols is 1. The van der Waals surface area contributed by atoms with E-state index in [2.05, 4.69) is 72.5 Å². The molecule has 0 aliphatic carbocycles. The van der Waals surface area contributed by atoms with Gasteiger partial charge in [0.2, 0.25) is 5.91 Å². The van der Waals surface area contributed by atoms with E-state index in [0.29, 0.717) is 27.9 Å². The van der Waals surface area contributed by atoms with E-state index in [-0.39, 0.29) is 56.5 Å². The first-order valence-electron chi connectivity index (χ1n) is 22.8. The minimum absolute atomic E-state index is 0.0272. The molecule has 15 nitrogen and oxygen atoms in total. The Balaban J connectivity index is 0.00000178. The fourth-order valence-electron chi connectivity index (χ4n) is 5.92. The van der Waals surface area contributed by atoms with Gasteiger partial charge in [-0.25, -0.2) is 9.78 Å². The molecular weight excluding hydrogens is 922 g/mol. The fourth-order valence-corrected chi connectivity index (χ4v) is 6.19. The highest BCUT2D eigenvalue weighted by Crippen LogP contribution is 2.39. The lowest BCUT2D eigenvalue weighted by atomic mass is 10.0. The molecule has 0 aliphatic heterocycles. The molecule has 0 saturated carbocycles. The molecule has 0 radical (unpaired) electrons. The number of allylic oxidation sites excluding steroid dienone is 3. The van der Waals surface area contributed by atoms with Gasteiger partial charge >= 0.3 is 5.97 Å². The van der Waals surface area contributed by atoms with Crippen LogP contribution in [0.5, 0.6) is 11.5 Å². The van der Waals surface area contributed by atoms with Crippen LogP contribution in [0.2, 0.25) is 5.02 Å². The number of halogens is 1. The van der Waals surface area contributed by atoms with Crippen molar-refractivity contribution >= 4 is 63.6 Å². The van der Waals surface area contributed by atoms with E-state index in [1.165, 1.54) is 73.7 Å². The van der Waals surface area contributed by atoms with Gasteiger partial charge in [-0.1, -0.05) is 79.6 Å². The second-order valence-corrected chi connectivity index (χ2v) is 17.3. The third-order valence-corrected chi connectivity index (χ3v) is 9.46. The van der Waals surface area contributed by atoms with Crippen LogP contribution >= 0.6 is 11.6 Å². The monoisotopic (exact) mass is 985 g/mol. The molecule has 0 bridgehead atoms. The predicted molar refractivity (Wildman–Crippen MR) is 282 cm³/mol. The number of nitriles is 1. The number of nitrogens with one attached hydrogen (secondary N) is 4. The Morgan fingerprint density at radius 1 is 0.915 bits per heavy atom. The van der Waals surface area contributed by atoms with Gasteiger partial charge in [-0.3, -0.25) is 19.2 Å². The number of fused-ring (bicyclic) bond motifs is 1. The molecule has 71 heavy (non-hydrogen) atoms. The summed E-state index contributed by atoms with van der Waals surface area (Å²) >= 11 is 6.63. The number of nitrogens with zero attached hydrogens (tertiary/aromatic N) is 3. The highest BCUT2D eigenvalue weighted by molar-refractivity contribution is 6.33. The molecular formula is C55H64ClN7O8. The van der Waals surface area contributed by atoms with Gasteiger partial charge in [0.25, 0.3) is 17.7 Å². The average molecular weight is 987 g/mol. The predicted octanol–water partition coefficient (Wildman–Crippen LogP) is 11.2. The number of hydrogen-bond donors (Lipinski definition) is 6. The van der Waals surface area contributed by atoms with Crippen molar-refractivity contribution in [2.75, 3.05) is 10.6 Å². The normalized spacial score (nSPS) is 11.3. The highest BCUT2D eigenvalue weighted by Gasteiger charge is 2.24. The number of benzene rings is 4. The molecule has 5 rings (SSSR count). The lowest BCUT2D eigenvalue weighted by Gasteiger charge is -2.18. The third kappa shape index (κ3) is 17.4. The van der Waals surface area contributed by atoms with Crippen molar-refractivity contribution < 1.29 is 38.9 Å². The van der Waals surface area contributed by atoms with Gasteiger partial charge in [-0.15, -0.1) is 12.3 Å². The van der Waals surface area contributed by atoms with Crippen molar-refractivity contribution in [2.45, 2.75) is 94.7 Å². The summed E-state index contributed by atoms with van der Waals surface area (Å²) < 4.78 is 7.60. The van der Waals surface area contributed by atoms with Gasteiger partial charge in [0, 0.05) is 41.6 Å². The van der Waals surface area contributed by atoms with E-state index in [4.69, 9.17) is 27.9 Å². The molecule has 1 aromatic heterocycles.